The van der Waals surface area contributed by atoms with Crippen LogP contribution in [0.1, 0.15) is 15.4 Å². The van der Waals surface area contributed by atoms with Crippen LogP contribution in [-0.2, 0) is 6.42 Å². The highest BCUT2D eigenvalue weighted by atomic mass is 79.9. The Bertz CT molecular complexity index is 723. The minimum Gasteiger partial charge on any atom is -0.241 e. The first-order chi connectivity index (χ1) is 9.65. The Morgan fingerprint density at radius 2 is 1.95 bits per heavy atom. The minimum absolute atomic E-state index is 0.0353. The molecule has 2 aromatic carbocycles. The second kappa shape index (κ2) is 5.92. The van der Waals surface area contributed by atoms with Crippen LogP contribution in [0, 0.1) is 5.82 Å². The van der Waals surface area contributed by atoms with Crippen molar-refractivity contribution in [2.75, 3.05) is 0 Å². The predicted octanol–water partition coefficient (Wildman–Crippen LogP) is 5.88. The highest BCUT2D eigenvalue weighted by molar-refractivity contribution is 9.11. The van der Waals surface area contributed by atoms with E-state index >= 15 is 0 Å². The van der Waals surface area contributed by atoms with Gasteiger partial charge in [-0.05, 0) is 39.7 Å². The third kappa shape index (κ3) is 2.80. The molecule has 0 saturated heterocycles. The van der Waals surface area contributed by atoms with Gasteiger partial charge in [0.1, 0.15) is 5.82 Å². The van der Waals surface area contributed by atoms with Crippen molar-refractivity contribution in [3.8, 4) is 0 Å². The zero-order valence-corrected chi connectivity index (χ0v) is 14.3. The lowest BCUT2D eigenvalue weighted by atomic mass is 10.1. The van der Waals surface area contributed by atoms with E-state index in [1.165, 1.54) is 10.8 Å². The SMILES string of the molecule is Fc1cccc(C(Br)Cc2nc3ccccc3s2)c1Br. The van der Waals surface area contributed by atoms with Crippen LogP contribution in [0.15, 0.2) is 46.9 Å². The topological polar surface area (TPSA) is 12.9 Å². The zero-order valence-electron chi connectivity index (χ0n) is 10.3. The first-order valence-electron chi connectivity index (χ1n) is 6.07. The van der Waals surface area contributed by atoms with Crippen molar-refractivity contribution in [3.05, 3.63) is 63.3 Å². The quantitative estimate of drug-likeness (QED) is 0.488. The average molecular weight is 415 g/mol. The van der Waals surface area contributed by atoms with Gasteiger partial charge in [-0.25, -0.2) is 9.37 Å². The third-order valence-electron chi connectivity index (χ3n) is 3.01. The molecule has 0 aliphatic carbocycles. The lowest BCUT2D eigenvalue weighted by Crippen LogP contribution is -1.97. The van der Waals surface area contributed by atoms with Crippen LogP contribution in [0.5, 0.6) is 0 Å². The Morgan fingerprint density at radius 1 is 1.15 bits per heavy atom. The van der Waals surface area contributed by atoms with Crippen LogP contribution >= 0.6 is 43.2 Å². The highest BCUT2D eigenvalue weighted by Gasteiger charge is 2.16. The van der Waals surface area contributed by atoms with E-state index in [2.05, 4.69) is 42.9 Å². The highest BCUT2D eigenvalue weighted by Crippen LogP contribution is 2.35. The Balaban J connectivity index is 1.88. The first kappa shape index (κ1) is 14.2. The monoisotopic (exact) mass is 413 g/mol. The fraction of sp³-hybridized carbons (Fsp3) is 0.133. The summed E-state index contributed by atoms with van der Waals surface area (Å²) in [4.78, 5) is 4.65. The van der Waals surface area contributed by atoms with Crippen molar-refractivity contribution in [2.45, 2.75) is 11.2 Å². The first-order valence-corrected chi connectivity index (χ1v) is 8.60. The summed E-state index contributed by atoms with van der Waals surface area (Å²) < 4.78 is 15.3. The molecule has 0 saturated carbocycles. The van der Waals surface area contributed by atoms with E-state index in [-0.39, 0.29) is 10.6 Å². The van der Waals surface area contributed by atoms with Gasteiger partial charge in [0.25, 0.3) is 0 Å². The van der Waals surface area contributed by atoms with Crippen LogP contribution in [0.3, 0.4) is 0 Å². The number of aromatic nitrogens is 1. The molecule has 0 fully saturated rings. The Morgan fingerprint density at radius 3 is 2.75 bits per heavy atom. The second-order valence-corrected chi connectivity index (χ2v) is 7.40. The number of nitrogens with zero attached hydrogens (tertiary/aromatic N) is 1. The molecule has 1 unspecified atom stereocenters. The summed E-state index contributed by atoms with van der Waals surface area (Å²) in [5, 5.41) is 1.05. The molecule has 0 spiro atoms. The second-order valence-electron chi connectivity index (χ2n) is 4.39. The third-order valence-corrected chi connectivity index (χ3v) is 5.72. The molecule has 5 heteroatoms. The molecule has 3 aromatic rings. The predicted molar refractivity (Wildman–Crippen MR) is 89.1 cm³/mol. The van der Waals surface area contributed by atoms with Gasteiger partial charge in [0, 0.05) is 11.2 Å². The Hall–Kier alpha value is -0.780. The number of rotatable bonds is 3. The molecular weight excluding hydrogens is 405 g/mol. The molecule has 0 N–H and O–H groups in total. The summed E-state index contributed by atoms with van der Waals surface area (Å²) in [5.74, 6) is -0.240. The van der Waals surface area contributed by atoms with E-state index in [9.17, 15) is 4.39 Å². The van der Waals surface area contributed by atoms with Gasteiger partial charge in [0.2, 0.25) is 0 Å². The fourth-order valence-electron chi connectivity index (χ4n) is 2.03. The number of hydrogen-bond donors (Lipinski definition) is 0. The van der Waals surface area contributed by atoms with E-state index in [1.807, 2.05) is 24.3 Å². The average Bonchev–Trinajstić information content (AvgIpc) is 2.83. The van der Waals surface area contributed by atoms with Gasteiger partial charge in [0.15, 0.2) is 0 Å². The molecule has 102 valence electrons. The van der Waals surface area contributed by atoms with Gasteiger partial charge in [-0.15, -0.1) is 11.3 Å². The van der Waals surface area contributed by atoms with Gasteiger partial charge in [-0.2, -0.15) is 0 Å². The van der Waals surface area contributed by atoms with Crippen LogP contribution in [-0.4, -0.2) is 4.98 Å². The maximum Gasteiger partial charge on any atom is 0.137 e. The largest absolute Gasteiger partial charge is 0.241 e. The number of benzene rings is 2. The van der Waals surface area contributed by atoms with E-state index in [0.29, 0.717) is 4.47 Å². The van der Waals surface area contributed by atoms with Crippen LogP contribution in [0.25, 0.3) is 10.2 Å². The Labute approximate surface area is 137 Å². The number of hydrogen-bond acceptors (Lipinski definition) is 2. The Kier molecular flexibility index (Phi) is 4.19. The number of halogens is 3. The van der Waals surface area contributed by atoms with E-state index in [4.69, 9.17) is 0 Å². The van der Waals surface area contributed by atoms with Crippen LogP contribution < -0.4 is 0 Å². The summed E-state index contributed by atoms with van der Waals surface area (Å²) in [5.41, 5.74) is 1.93. The van der Waals surface area contributed by atoms with Gasteiger partial charge in [-0.1, -0.05) is 40.2 Å². The van der Waals surface area contributed by atoms with E-state index < -0.39 is 0 Å². The van der Waals surface area contributed by atoms with Crippen molar-refractivity contribution in [3.63, 3.8) is 0 Å². The molecule has 20 heavy (non-hydrogen) atoms. The fourth-order valence-corrected chi connectivity index (χ4v) is 4.80. The normalized spacial score (nSPS) is 12.8. The van der Waals surface area contributed by atoms with Gasteiger partial charge >= 0.3 is 0 Å². The summed E-state index contributed by atoms with van der Waals surface area (Å²) in [6, 6.07) is 13.2. The van der Waals surface area contributed by atoms with Crippen molar-refractivity contribution >= 4 is 53.4 Å². The smallest absolute Gasteiger partial charge is 0.137 e. The zero-order chi connectivity index (χ0) is 14.1. The summed E-state index contributed by atoms with van der Waals surface area (Å²) in [6.45, 7) is 0. The summed E-state index contributed by atoms with van der Waals surface area (Å²) >= 11 is 8.62. The van der Waals surface area contributed by atoms with E-state index in [0.717, 1.165) is 22.5 Å². The summed E-state index contributed by atoms with van der Waals surface area (Å²) in [6.07, 6.45) is 0.738. The van der Waals surface area contributed by atoms with Crippen molar-refractivity contribution in [1.82, 2.24) is 4.98 Å². The minimum atomic E-state index is -0.240. The lowest BCUT2D eigenvalue weighted by molar-refractivity contribution is 0.617. The molecule has 1 atom stereocenters. The summed E-state index contributed by atoms with van der Waals surface area (Å²) in [7, 11) is 0. The lowest BCUT2D eigenvalue weighted by Gasteiger charge is -2.11. The molecule has 1 nitrogen and oxygen atoms in total. The van der Waals surface area contributed by atoms with Gasteiger partial charge in [0.05, 0.1) is 19.7 Å². The number of fused-ring (bicyclic) bond motifs is 1. The molecule has 3 rings (SSSR count). The standard InChI is InChI=1S/C15H10Br2FNS/c16-10(9-4-3-5-11(18)15(9)17)8-14-19-12-6-1-2-7-13(12)20-14/h1-7,10H,8H2. The van der Waals surface area contributed by atoms with Crippen LogP contribution in [0.4, 0.5) is 4.39 Å². The number of para-hydroxylation sites is 1. The molecule has 0 amide bonds. The van der Waals surface area contributed by atoms with E-state index in [1.54, 1.807) is 17.4 Å². The van der Waals surface area contributed by atoms with Crippen molar-refractivity contribution in [1.29, 1.82) is 0 Å². The molecule has 0 bridgehead atoms. The van der Waals surface area contributed by atoms with Crippen LogP contribution in [0.2, 0.25) is 0 Å². The molecule has 1 heterocycles. The molecule has 0 aliphatic heterocycles. The maximum atomic E-state index is 13.6. The van der Waals surface area contributed by atoms with Crippen molar-refractivity contribution in [2.24, 2.45) is 0 Å². The molecule has 0 radical (unpaired) electrons. The molecule has 0 aliphatic rings. The number of alkyl halides is 1. The van der Waals surface area contributed by atoms with Crippen molar-refractivity contribution < 1.29 is 4.39 Å². The van der Waals surface area contributed by atoms with Gasteiger partial charge < -0.3 is 0 Å². The van der Waals surface area contributed by atoms with Gasteiger partial charge in [-0.3, -0.25) is 0 Å². The maximum absolute atomic E-state index is 13.6. The molecule has 1 aromatic heterocycles. The number of thiazole rings is 1. The molecular formula is C15H10Br2FNS.